The quantitative estimate of drug-likeness (QED) is 0.722. The van der Waals surface area contributed by atoms with Crippen LogP contribution < -0.4 is 5.32 Å². The van der Waals surface area contributed by atoms with E-state index < -0.39 is 0 Å². The van der Waals surface area contributed by atoms with Crippen LogP contribution in [0.25, 0.3) is 0 Å². The fourth-order valence-electron chi connectivity index (χ4n) is 3.75. The van der Waals surface area contributed by atoms with E-state index >= 15 is 0 Å². The Morgan fingerprint density at radius 2 is 2.05 bits per heavy atom. The van der Waals surface area contributed by atoms with E-state index in [2.05, 4.69) is 35.9 Å². The Kier molecular flexibility index (Phi) is 6.51. The minimum atomic E-state index is 0.565. The van der Waals surface area contributed by atoms with Crippen molar-refractivity contribution in [1.82, 2.24) is 10.2 Å². The van der Waals surface area contributed by atoms with Gasteiger partial charge >= 0.3 is 0 Å². The summed E-state index contributed by atoms with van der Waals surface area (Å²) in [5, 5.41) is 3.71. The summed E-state index contributed by atoms with van der Waals surface area (Å²) in [5.74, 6) is 2.73. The summed E-state index contributed by atoms with van der Waals surface area (Å²) < 4.78 is 0. The van der Waals surface area contributed by atoms with Crippen molar-refractivity contribution in [2.45, 2.75) is 57.9 Å². The van der Waals surface area contributed by atoms with Crippen LogP contribution in [0.15, 0.2) is 0 Å². The molecule has 112 valence electrons. The molecule has 1 unspecified atom stereocenters. The Morgan fingerprint density at radius 3 is 2.68 bits per heavy atom. The molecule has 2 fully saturated rings. The van der Waals surface area contributed by atoms with Crippen molar-refractivity contribution in [1.29, 1.82) is 0 Å². The highest BCUT2D eigenvalue weighted by molar-refractivity contribution is 7.99. The fourth-order valence-corrected chi connectivity index (χ4v) is 5.05. The molecule has 1 aliphatic carbocycles. The highest BCUT2D eigenvalue weighted by Gasteiger charge is 2.34. The van der Waals surface area contributed by atoms with Crippen molar-refractivity contribution in [2.75, 3.05) is 38.2 Å². The minimum Gasteiger partial charge on any atom is -0.316 e. The van der Waals surface area contributed by atoms with E-state index in [1.165, 1.54) is 76.1 Å². The maximum atomic E-state index is 3.71. The molecule has 1 aliphatic heterocycles. The third-order valence-corrected chi connectivity index (χ3v) is 6.10. The maximum absolute atomic E-state index is 3.71. The smallest absolute Gasteiger partial charge is 0.0191 e. The summed E-state index contributed by atoms with van der Waals surface area (Å²) in [6.45, 7) is 6.01. The van der Waals surface area contributed by atoms with E-state index in [-0.39, 0.29) is 0 Å². The van der Waals surface area contributed by atoms with Gasteiger partial charge in [0.1, 0.15) is 0 Å². The molecule has 0 amide bonds. The van der Waals surface area contributed by atoms with Crippen LogP contribution in [0.3, 0.4) is 0 Å². The van der Waals surface area contributed by atoms with Gasteiger partial charge < -0.3 is 10.2 Å². The van der Waals surface area contributed by atoms with Crippen LogP contribution in [0.1, 0.15) is 51.9 Å². The number of thioether (sulfide) groups is 1. The summed E-state index contributed by atoms with van der Waals surface area (Å²) in [4.78, 5) is 2.68. The van der Waals surface area contributed by atoms with Crippen LogP contribution in [-0.4, -0.2) is 49.1 Å². The molecule has 0 bridgehead atoms. The van der Waals surface area contributed by atoms with Gasteiger partial charge in [0.25, 0.3) is 0 Å². The molecule has 1 atom stereocenters. The highest BCUT2D eigenvalue weighted by Crippen LogP contribution is 2.37. The van der Waals surface area contributed by atoms with Gasteiger partial charge in [0.15, 0.2) is 0 Å². The van der Waals surface area contributed by atoms with Crippen LogP contribution in [0.4, 0.5) is 0 Å². The summed E-state index contributed by atoms with van der Waals surface area (Å²) in [6, 6.07) is 0.843. The fraction of sp³-hybridized carbons (Fsp3) is 1.00. The van der Waals surface area contributed by atoms with Crippen molar-refractivity contribution in [2.24, 2.45) is 5.41 Å². The Morgan fingerprint density at radius 1 is 1.26 bits per heavy atom. The second-order valence-corrected chi connectivity index (χ2v) is 7.82. The number of hydrogen-bond acceptors (Lipinski definition) is 3. The Hall–Kier alpha value is 0.270. The molecular weight excluding hydrogens is 252 g/mol. The van der Waals surface area contributed by atoms with Crippen molar-refractivity contribution in [3.63, 3.8) is 0 Å². The number of hydrogen-bond donors (Lipinski definition) is 1. The van der Waals surface area contributed by atoms with Gasteiger partial charge in [-0.3, -0.25) is 0 Å². The van der Waals surface area contributed by atoms with Gasteiger partial charge in [-0.15, -0.1) is 0 Å². The van der Waals surface area contributed by atoms with Crippen LogP contribution in [-0.2, 0) is 0 Å². The molecule has 0 radical (unpaired) electrons. The molecule has 1 saturated carbocycles. The van der Waals surface area contributed by atoms with Gasteiger partial charge in [0.2, 0.25) is 0 Å². The molecule has 2 aliphatic rings. The zero-order valence-corrected chi connectivity index (χ0v) is 13.7. The van der Waals surface area contributed by atoms with Crippen LogP contribution in [0.2, 0.25) is 0 Å². The average molecular weight is 285 g/mol. The van der Waals surface area contributed by atoms with Gasteiger partial charge in [-0.25, -0.2) is 0 Å². The predicted octanol–water partition coefficient (Wildman–Crippen LogP) is 3.37. The molecule has 2 nitrogen and oxygen atoms in total. The molecule has 0 aromatic rings. The SMILES string of the molecule is CCCNCC1(CN(C)C2CCSC2)CCCCC1. The lowest BCUT2D eigenvalue weighted by Crippen LogP contribution is -2.47. The zero-order chi connectivity index (χ0) is 13.6. The van der Waals surface area contributed by atoms with Crippen molar-refractivity contribution >= 4 is 11.8 Å². The van der Waals surface area contributed by atoms with E-state index in [0.717, 1.165) is 6.04 Å². The van der Waals surface area contributed by atoms with E-state index in [1.807, 2.05) is 0 Å². The second-order valence-electron chi connectivity index (χ2n) is 6.67. The van der Waals surface area contributed by atoms with Crippen LogP contribution in [0.5, 0.6) is 0 Å². The first-order chi connectivity index (χ1) is 9.26. The first-order valence-corrected chi connectivity index (χ1v) is 9.40. The zero-order valence-electron chi connectivity index (χ0n) is 12.9. The Balaban J connectivity index is 1.88. The van der Waals surface area contributed by atoms with Gasteiger partial charge in [-0.05, 0) is 50.4 Å². The lowest BCUT2D eigenvalue weighted by Gasteiger charge is -2.42. The van der Waals surface area contributed by atoms with Crippen molar-refractivity contribution in [3.8, 4) is 0 Å². The topological polar surface area (TPSA) is 15.3 Å². The molecule has 0 spiro atoms. The standard InChI is InChI=1S/C16H32N2S/c1-3-10-17-13-16(8-5-4-6-9-16)14-18(2)15-7-11-19-12-15/h15,17H,3-14H2,1-2H3. The molecule has 0 aromatic heterocycles. The van der Waals surface area contributed by atoms with Gasteiger partial charge in [-0.1, -0.05) is 26.2 Å². The molecule has 0 aromatic carbocycles. The number of nitrogens with one attached hydrogen (secondary N) is 1. The van der Waals surface area contributed by atoms with E-state index in [0.29, 0.717) is 5.41 Å². The van der Waals surface area contributed by atoms with E-state index in [9.17, 15) is 0 Å². The highest BCUT2D eigenvalue weighted by atomic mass is 32.2. The molecule has 1 heterocycles. The maximum Gasteiger partial charge on any atom is 0.0191 e. The monoisotopic (exact) mass is 284 g/mol. The third-order valence-electron chi connectivity index (χ3n) is 4.95. The molecule has 19 heavy (non-hydrogen) atoms. The first kappa shape index (κ1) is 15.7. The van der Waals surface area contributed by atoms with Crippen LogP contribution >= 0.6 is 11.8 Å². The summed E-state index contributed by atoms with van der Waals surface area (Å²) in [5.41, 5.74) is 0.565. The van der Waals surface area contributed by atoms with Gasteiger partial charge in [-0.2, -0.15) is 11.8 Å². The number of rotatable bonds is 7. The molecule has 1 saturated heterocycles. The third kappa shape index (κ3) is 4.64. The lowest BCUT2D eigenvalue weighted by molar-refractivity contribution is 0.0988. The molecule has 1 N–H and O–H groups in total. The Bertz CT molecular complexity index is 245. The molecular formula is C16H32N2S. The van der Waals surface area contributed by atoms with Gasteiger partial charge in [0.05, 0.1) is 0 Å². The largest absolute Gasteiger partial charge is 0.316 e. The number of nitrogens with zero attached hydrogens (tertiary/aromatic N) is 1. The summed E-state index contributed by atoms with van der Waals surface area (Å²) >= 11 is 2.14. The van der Waals surface area contributed by atoms with Crippen molar-refractivity contribution in [3.05, 3.63) is 0 Å². The average Bonchev–Trinajstić information content (AvgIpc) is 2.94. The first-order valence-electron chi connectivity index (χ1n) is 8.24. The lowest BCUT2D eigenvalue weighted by atomic mass is 9.73. The minimum absolute atomic E-state index is 0.565. The molecule has 3 heteroatoms. The van der Waals surface area contributed by atoms with E-state index in [4.69, 9.17) is 0 Å². The summed E-state index contributed by atoms with van der Waals surface area (Å²) in [7, 11) is 2.37. The predicted molar refractivity (Wildman–Crippen MR) is 87.0 cm³/mol. The summed E-state index contributed by atoms with van der Waals surface area (Å²) in [6.07, 6.45) is 9.88. The van der Waals surface area contributed by atoms with Crippen LogP contribution in [0, 0.1) is 5.41 Å². The second kappa shape index (κ2) is 7.90. The normalized spacial score (nSPS) is 27.0. The molecule has 2 rings (SSSR count). The Labute approximate surface area is 124 Å². The van der Waals surface area contributed by atoms with E-state index in [1.54, 1.807) is 0 Å². The van der Waals surface area contributed by atoms with Gasteiger partial charge in [0, 0.05) is 24.9 Å². The van der Waals surface area contributed by atoms with Crippen molar-refractivity contribution < 1.29 is 0 Å².